The molecule has 1 aliphatic rings. The molecule has 0 spiro atoms. The molecule has 0 radical (unpaired) electrons. The highest BCUT2D eigenvalue weighted by molar-refractivity contribution is 6.31. The number of morpholine rings is 1. The van der Waals surface area contributed by atoms with Crippen LogP contribution in [0.2, 0.25) is 5.02 Å². The maximum atomic E-state index is 6.10. The second-order valence-electron chi connectivity index (χ2n) is 5.11. The van der Waals surface area contributed by atoms with Gasteiger partial charge in [0, 0.05) is 24.7 Å². The van der Waals surface area contributed by atoms with E-state index in [0.717, 1.165) is 38.2 Å². The molecular weight excluding hydrogens is 294 g/mol. The summed E-state index contributed by atoms with van der Waals surface area (Å²) in [5.74, 6) is 0.435. The van der Waals surface area contributed by atoms with Gasteiger partial charge in [0.05, 0.1) is 24.6 Å². The molecule has 1 fully saturated rings. The normalized spacial score (nSPS) is 18.0. The summed E-state index contributed by atoms with van der Waals surface area (Å²) in [6.45, 7) is 4.51. The lowest BCUT2D eigenvalue weighted by molar-refractivity contribution is 0.0329. The molecule has 1 aliphatic heterocycles. The minimum absolute atomic E-state index is 0.0889. The van der Waals surface area contributed by atoms with E-state index in [0.29, 0.717) is 23.1 Å². The molecule has 2 N–H and O–H groups in total. The number of benzene rings is 1. The van der Waals surface area contributed by atoms with Crippen molar-refractivity contribution >= 4 is 22.6 Å². The zero-order valence-corrected chi connectivity index (χ0v) is 12.4. The molecule has 0 amide bonds. The van der Waals surface area contributed by atoms with E-state index >= 15 is 0 Å². The van der Waals surface area contributed by atoms with Crippen LogP contribution in [0.1, 0.15) is 0 Å². The van der Waals surface area contributed by atoms with Crippen molar-refractivity contribution in [1.82, 2.24) is 10.1 Å². The summed E-state index contributed by atoms with van der Waals surface area (Å²) in [5, 5.41) is 5.29. The predicted molar refractivity (Wildman–Crippen MR) is 79.7 cm³/mol. The SMILES string of the molecule is NC(COc1noc2ccc(Cl)cc12)CN1CCOCC1. The van der Waals surface area contributed by atoms with Gasteiger partial charge in [-0.3, -0.25) is 4.90 Å². The molecule has 3 rings (SSSR count). The van der Waals surface area contributed by atoms with Crippen LogP contribution in [0.15, 0.2) is 22.7 Å². The topological polar surface area (TPSA) is 73.8 Å². The van der Waals surface area contributed by atoms with Gasteiger partial charge in [-0.05, 0) is 23.4 Å². The van der Waals surface area contributed by atoms with Crippen LogP contribution in [0.5, 0.6) is 5.88 Å². The Hall–Kier alpha value is -1.34. The average Bonchev–Trinajstić information content (AvgIpc) is 2.88. The number of hydrogen-bond acceptors (Lipinski definition) is 6. The van der Waals surface area contributed by atoms with Crippen LogP contribution in [0.4, 0.5) is 0 Å². The summed E-state index contributed by atoms with van der Waals surface area (Å²) in [6, 6.07) is 5.21. The summed E-state index contributed by atoms with van der Waals surface area (Å²) in [5.41, 5.74) is 6.75. The Kier molecular flexibility index (Phi) is 4.60. The van der Waals surface area contributed by atoms with Crippen LogP contribution in [-0.2, 0) is 4.74 Å². The number of hydrogen-bond donors (Lipinski definition) is 1. The zero-order chi connectivity index (χ0) is 14.7. The van der Waals surface area contributed by atoms with Crippen LogP contribution >= 0.6 is 11.6 Å². The fourth-order valence-electron chi connectivity index (χ4n) is 2.35. The van der Waals surface area contributed by atoms with Crippen molar-refractivity contribution in [2.24, 2.45) is 5.73 Å². The highest BCUT2D eigenvalue weighted by atomic mass is 35.5. The Morgan fingerprint density at radius 1 is 1.38 bits per heavy atom. The second-order valence-corrected chi connectivity index (χ2v) is 5.55. The van der Waals surface area contributed by atoms with Crippen molar-refractivity contribution in [2.75, 3.05) is 39.5 Å². The van der Waals surface area contributed by atoms with Crippen molar-refractivity contribution in [1.29, 1.82) is 0 Å². The smallest absolute Gasteiger partial charge is 0.262 e. The lowest BCUT2D eigenvalue weighted by atomic mass is 10.2. The molecule has 6 nitrogen and oxygen atoms in total. The molecule has 1 unspecified atom stereocenters. The minimum atomic E-state index is -0.0889. The monoisotopic (exact) mass is 311 g/mol. The van der Waals surface area contributed by atoms with E-state index in [-0.39, 0.29) is 6.04 Å². The molecule has 114 valence electrons. The van der Waals surface area contributed by atoms with Crippen LogP contribution in [0.25, 0.3) is 11.0 Å². The maximum absolute atomic E-state index is 6.10. The molecular formula is C14H18ClN3O3. The standard InChI is InChI=1S/C14H18ClN3O3/c15-10-1-2-13-12(7-10)14(17-21-13)20-9-11(16)8-18-3-5-19-6-4-18/h1-2,7,11H,3-6,8-9,16H2. The summed E-state index contributed by atoms with van der Waals surface area (Å²) < 4.78 is 16.2. The number of fused-ring (bicyclic) bond motifs is 1. The zero-order valence-electron chi connectivity index (χ0n) is 11.6. The number of halogens is 1. The van der Waals surface area contributed by atoms with E-state index in [9.17, 15) is 0 Å². The number of rotatable bonds is 5. The van der Waals surface area contributed by atoms with Crippen molar-refractivity contribution < 1.29 is 14.0 Å². The summed E-state index contributed by atoms with van der Waals surface area (Å²) in [7, 11) is 0. The molecule has 1 saturated heterocycles. The Balaban J connectivity index is 1.56. The third-order valence-electron chi connectivity index (χ3n) is 3.43. The molecule has 0 aliphatic carbocycles. The van der Waals surface area contributed by atoms with Crippen molar-refractivity contribution in [3.8, 4) is 5.88 Å². The lowest BCUT2D eigenvalue weighted by Crippen LogP contribution is -2.45. The first kappa shape index (κ1) is 14.6. The predicted octanol–water partition coefficient (Wildman–Crippen LogP) is 1.52. The lowest BCUT2D eigenvalue weighted by Gasteiger charge is -2.28. The van der Waals surface area contributed by atoms with Gasteiger partial charge < -0.3 is 19.7 Å². The molecule has 1 aromatic heterocycles. The van der Waals surface area contributed by atoms with E-state index in [1.807, 2.05) is 0 Å². The second kappa shape index (κ2) is 6.62. The number of nitrogens with zero attached hydrogens (tertiary/aromatic N) is 2. The Morgan fingerprint density at radius 2 is 2.19 bits per heavy atom. The van der Waals surface area contributed by atoms with Gasteiger partial charge in [-0.25, -0.2) is 0 Å². The molecule has 1 aromatic carbocycles. The Morgan fingerprint density at radius 3 is 3.00 bits per heavy atom. The Bertz CT molecular complexity index is 598. The molecule has 0 bridgehead atoms. The van der Waals surface area contributed by atoms with Gasteiger partial charge in [0.15, 0.2) is 5.58 Å². The van der Waals surface area contributed by atoms with E-state index in [1.54, 1.807) is 18.2 Å². The first-order valence-corrected chi connectivity index (χ1v) is 7.33. The highest BCUT2D eigenvalue weighted by Crippen LogP contribution is 2.27. The van der Waals surface area contributed by atoms with Gasteiger partial charge in [-0.1, -0.05) is 11.6 Å². The van der Waals surface area contributed by atoms with Gasteiger partial charge in [0.1, 0.15) is 6.61 Å². The fraction of sp³-hybridized carbons (Fsp3) is 0.500. The van der Waals surface area contributed by atoms with E-state index in [4.69, 9.17) is 31.3 Å². The van der Waals surface area contributed by atoms with Crippen LogP contribution in [0, 0.1) is 0 Å². The van der Waals surface area contributed by atoms with E-state index in [1.165, 1.54) is 0 Å². The molecule has 2 aromatic rings. The van der Waals surface area contributed by atoms with E-state index in [2.05, 4.69) is 10.1 Å². The summed E-state index contributed by atoms with van der Waals surface area (Å²) >= 11 is 5.97. The van der Waals surface area contributed by atoms with Gasteiger partial charge in [-0.15, -0.1) is 0 Å². The van der Waals surface area contributed by atoms with Crippen molar-refractivity contribution in [3.05, 3.63) is 23.2 Å². The van der Waals surface area contributed by atoms with Gasteiger partial charge in [-0.2, -0.15) is 0 Å². The number of ether oxygens (including phenoxy) is 2. The van der Waals surface area contributed by atoms with Gasteiger partial charge >= 0.3 is 0 Å². The molecule has 0 saturated carbocycles. The van der Waals surface area contributed by atoms with E-state index < -0.39 is 0 Å². The first-order valence-electron chi connectivity index (χ1n) is 6.96. The number of aromatic nitrogens is 1. The molecule has 2 heterocycles. The first-order chi connectivity index (χ1) is 10.2. The third kappa shape index (κ3) is 3.65. The molecule has 7 heteroatoms. The molecule has 21 heavy (non-hydrogen) atoms. The average molecular weight is 312 g/mol. The number of nitrogens with two attached hydrogens (primary N) is 1. The Labute approximate surface area is 127 Å². The van der Waals surface area contributed by atoms with Crippen LogP contribution < -0.4 is 10.5 Å². The summed E-state index contributed by atoms with van der Waals surface area (Å²) in [4.78, 5) is 2.27. The van der Waals surface area contributed by atoms with Crippen LogP contribution in [0.3, 0.4) is 0 Å². The molecule has 1 atom stereocenters. The van der Waals surface area contributed by atoms with Crippen LogP contribution in [-0.4, -0.2) is 55.6 Å². The third-order valence-corrected chi connectivity index (χ3v) is 3.66. The largest absolute Gasteiger partial charge is 0.473 e. The van der Waals surface area contributed by atoms with Crippen molar-refractivity contribution in [3.63, 3.8) is 0 Å². The van der Waals surface area contributed by atoms with Crippen molar-refractivity contribution in [2.45, 2.75) is 6.04 Å². The summed E-state index contributed by atoms with van der Waals surface area (Å²) in [6.07, 6.45) is 0. The maximum Gasteiger partial charge on any atom is 0.262 e. The van der Waals surface area contributed by atoms with Gasteiger partial charge in [0.2, 0.25) is 0 Å². The van der Waals surface area contributed by atoms with Gasteiger partial charge in [0.25, 0.3) is 5.88 Å². The quantitative estimate of drug-likeness (QED) is 0.902. The minimum Gasteiger partial charge on any atom is -0.473 e. The highest BCUT2D eigenvalue weighted by Gasteiger charge is 2.16. The fourth-order valence-corrected chi connectivity index (χ4v) is 2.52.